The average Bonchev–Trinajstić information content (AvgIpc) is 3.24. The van der Waals surface area contributed by atoms with Gasteiger partial charge in [-0.3, -0.25) is 14.4 Å². The van der Waals surface area contributed by atoms with Crippen LogP contribution in [0.15, 0.2) is 36.5 Å². The number of rotatable bonds is 47. The van der Waals surface area contributed by atoms with Crippen molar-refractivity contribution in [1.82, 2.24) is 0 Å². The lowest BCUT2D eigenvalue weighted by molar-refractivity contribution is -0.167. The average molecular weight is 843 g/mol. The lowest BCUT2D eigenvalue weighted by Gasteiger charge is -2.18. The van der Waals surface area contributed by atoms with Gasteiger partial charge in [0.15, 0.2) is 6.10 Å². The number of unbranched alkanes of at least 4 members (excludes halogenated alkanes) is 30. The third kappa shape index (κ3) is 46.7. The minimum absolute atomic E-state index is 0.0778. The molecule has 0 radical (unpaired) electrons. The second kappa shape index (κ2) is 49.3. The molecule has 350 valence electrons. The molecule has 0 aliphatic carbocycles. The van der Waals surface area contributed by atoms with E-state index >= 15 is 0 Å². The van der Waals surface area contributed by atoms with Crippen LogP contribution in [0.1, 0.15) is 271 Å². The summed E-state index contributed by atoms with van der Waals surface area (Å²) >= 11 is 0. The van der Waals surface area contributed by atoms with Gasteiger partial charge in [0.1, 0.15) is 13.2 Å². The van der Waals surface area contributed by atoms with Crippen LogP contribution in [0, 0.1) is 0 Å². The maximum Gasteiger partial charge on any atom is 0.306 e. The molecular weight excluding hydrogens is 745 g/mol. The monoisotopic (exact) mass is 843 g/mol. The van der Waals surface area contributed by atoms with Gasteiger partial charge in [-0.15, -0.1) is 0 Å². The van der Waals surface area contributed by atoms with E-state index in [1.807, 2.05) is 0 Å². The molecule has 6 heteroatoms. The van der Waals surface area contributed by atoms with Crippen molar-refractivity contribution in [3.63, 3.8) is 0 Å². The van der Waals surface area contributed by atoms with Crippen molar-refractivity contribution in [2.45, 2.75) is 277 Å². The van der Waals surface area contributed by atoms with Crippen LogP contribution in [0.25, 0.3) is 0 Å². The molecule has 0 amide bonds. The number of carbonyl (C=O) groups is 3. The minimum Gasteiger partial charge on any atom is -0.462 e. The fourth-order valence-electron chi connectivity index (χ4n) is 7.46. The van der Waals surface area contributed by atoms with Crippen LogP contribution in [-0.4, -0.2) is 37.2 Å². The highest BCUT2D eigenvalue weighted by Gasteiger charge is 2.19. The normalized spacial score (nSPS) is 12.2. The fourth-order valence-corrected chi connectivity index (χ4v) is 7.46. The molecule has 0 spiro atoms. The number of ether oxygens (including phenoxy) is 3. The predicted molar refractivity (Wildman–Crippen MR) is 256 cm³/mol. The summed E-state index contributed by atoms with van der Waals surface area (Å²) in [6.07, 6.45) is 57.1. The largest absolute Gasteiger partial charge is 0.462 e. The van der Waals surface area contributed by atoms with Gasteiger partial charge >= 0.3 is 17.9 Å². The van der Waals surface area contributed by atoms with Gasteiger partial charge in [0.25, 0.3) is 0 Å². The summed E-state index contributed by atoms with van der Waals surface area (Å²) in [4.78, 5) is 37.9. The quantitative estimate of drug-likeness (QED) is 0.0263. The smallest absolute Gasteiger partial charge is 0.306 e. The van der Waals surface area contributed by atoms with E-state index in [0.29, 0.717) is 19.3 Å². The van der Waals surface area contributed by atoms with Crippen molar-refractivity contribution in [3.8, 4) is 0 Å². The van der Waals surface area contributed by atoms with E-state index in [4.69, 9.17) is 14.2 Å². The van der Waals surface area contributed by atoms with Crippen LogP contribution in [-0.2, 0) is 28.6 Å². The van der Waals surface area contributed by atoms with Crippen molar-refractivity contribution in [3.05, 3.63) is 36.5 Å². The molecule has 1 unspecified atom stereocenters. The Labute approximate surface area is 372 Å². The Morgan fingerprint density at radius 1 is 0.350 bits per heavy atom. The Morgan fingerprint density at radius 3 is 1.07 bits per heavy atom. The van der Waals surface area contributed by atoms with E-state index in [9.17, 15) is 14.4 Å². The second-order valence-electron chi connectivity index (χ2n) is 17.4. The van der Waals surface area contributed by atoms with Gasteiger partial charge < -0.3 is 14.2 Å². The number of esters is 3. The third-order valence-corrected chi connectivity index (χ3v) is 11.4. The lowest BCUT2D eigenvalue weighted by Crippen LogP contribution is -2.30. The van der Waals surface area contributed by atoms with Gasteiger partial charge in [-0.05, 0) is 64.2 Å². The summed E-state index contributed by atoms with van der Waals surface area (Å²) < 4.78 is 16.8. The Kier molecular flexibility index (Phi) is 47.3. The van der Waals surface area contributed by atoms with Crippen molar-refractivity contribution in [2.24, 2.45) is 0 Å². The van der Waals surface area contributed by atoms with Gasteiger partial charge in [0, 0.05) is 19.3 Å². The van der Waals surface area contributed by atoms with E-state index in [2.05, 4.69) is 57.2 Å². The molecule has 60 heavy (non-hydrogen) atoms. The van der Waals surface area contributed by atoms with Gasteiger partial charge in [-0.1, -0.05) is 224 Å². The van der Waals surface area contributed by atoms with Gasteiger partial charge in [-0.2, -0.15) is 0 Å². The molecule has 0 bridgehead atoms. The lowest BCUT2D eigenvalue weighted by atomic mass is 10.0. The van der Waals surface area contributed by atoms with Gasteiger partial charge in [0.2, 0.25) is 0 Å². The number of hydrogen-bond acceptors (Lipinski definition) is 6. The zero-order valence-electron chi connectivity index (χ0n) is 40.0. The first-order chi connectivity index (χ1) is 29.5. The summed E-state index contributed by atoms with van der Waals surface area (Å²) in [6, 6.07) is 0. The molecule has 0 saturated carbocycles. The minimum atomic E-state index is -0.778. The van der Waals surface area contributed by atoms with Crippen molar-refractivity contribution in [1.29, 1.82) is 0 Å². The highest BCUT2D eigenvalue weighted by atomic mass is 16.6. The molecular formula is C54H98O6. The highest BCUT2D eigenvalue weighted by Crippen LogP contribution is 2.16. The standard InChI is InChI=1S/C54H98O6/c1-4-7-10-13-16-19-22-24-25-26-27-28-29-30-33-35-38-41-44-47-53(56)59-50-51(49-58-52(55)46-43-40-37-34-31-21-18-15-12-9-6-3)60-54(57)48-45-42-39-36-32-23-20-17-14-11-8-5-2/h8,11,15,17-18,20,51H,4-7,9-10,12-14,16,19,21-50H2,1-3H3/b11-8-,18-15-,20-17-. The SMILES string of the molecule is CC/C=C\C/C=C\CCCCCCCC(=O)OC(COC(=O)CCCCCCC/C=C\CCCC)COC(=O)CCCCCCCCCCCCCCCCCCCCC. The van der Waals surface area contributed by atoms with Crippen LogP contribution >= 0.6 is 0 Å². The number of allylic oxidation sites excluding steroid dienone is 6. The summed E-state index contributed by atoms with van der Waals surface area (Å²) in [5.41, 5.74) is 0. The van der Waals surface area contributed by atoms with E-state index in [-0.39, 0.29) is 31.1 Å². The first kappa shape index (κ1) is 57.6. The summed E-state index contributed by atoms with van der Waals surface area (Å²) in [6.45, 7) is 6.49. The van der Waals surface area contributed by atoms with Gasteiger partial charge in [-0.25, -0.2) is 0 Å². The van der Waals surface area contributed by atoms with Crippen LogP contribution in [0.3, 0.4) is 0 Å². The molecule has 0 aliphatic rings. The molecule has 1 atom stereocenters. The highest BCUT2D eigenvalue weighted by molar-refractivity contribution is 5.71. The topological polar surface area (TPSA) is 78.9 Å². The van der Waals surface area contributed by atoms with Crippen LogP contribution in [0.4, 0.5) is 0 Å². The Bertz CT molecular complexity index is 1020. The molecule has 0 aromatic carbocycles. The molecule has 0 rings (SSSR count). The first-order valence-electron chi connectivity index (χ1n) is 26.0. The Balaban J connectivity index is 4.28. The molecule has 0 heterocycles. The van der Waals surface area contributed by atoms with Crippen LogP contribution in [0.2, 0.25) is 0 Å². The summed E-state index contributed by atoms with van der Waals surface area (Å²) in [5.74, 6) is -0.894. The molecule has 6 nitrogen and oxygen atoms in total. The summed E-state index contributed by atoms with van der Waals surface area (Å²) in [7, 11) is 0. The zero-order valence-corrected chi connectivity index (χ0v) is 40.0. The maximum absolute atomic E-state index is 12.7. The van der Waals surface area contributed by atoms with Crippen molar-refractivity contribution >= 4 is 17.9 Å². The molecule has 0 aromatic heterocycles. The Hall–Kier alpha value is -2.37. The van der Waals surface area contributed by atoms with Crippen LogP contribution in [0.5, 0.6) is 0 Å². The molecule has 0 aliphatic heterocycles. The van der Waals surface area contributed by atoms with E-state index in [1.165, 1.54) is 135 Å². The number of hydrogen-bond donors (Lipinski definition) is 0. The predicted octanol–water partition coefficient (Wildman–Crippen LogP) is 16.9. The molecule has 0 fully saturated rings. The molecule has 0 saturated heterocycles. The fraction of sp³-hybridized carbons (Fsp3) is 0.833. The van der Waals surface area contributed by atoms with E-state index in [1.54, 1.807) is 0 Å². The molecule has 0 N–H and O–H groups in total. The molecule has 0 aromatic rings. The number of carbonyl (C=O) groups excluding carboxylic acids is 3. The van der Waals surface area contributed by atoms with Crippen molar-refractivity contribution < 1.29 is 28.6 Å². The Morgan fingerprint density at radius 2 is 0.667 bits per heavy atom. The second-order valence-corrected chi connectivity index (χ2v) is 17.4. The third-order valence-electron chi connectivity index (χ3n) is 11.4. The van der Waals surface area contributed by atoms with Crippen molar-refractivity contribution in [2.75, 3.05) is 13.2 Å². The van der Waals surface area contributed by atoms with E-state index < -0.39 is 6.10 Å². The maximum atomic E-state index is 12.7. The van der Waals surface area contributed by atoms with E-state index in [0.717, 1.165) is 96.3 Å². The first-order valence-corrected chi connectivity index (χ1v) is 26.0. The van der Waals surface area contributed by atoms with Crippen LogP contribution < -0.4 is 0 Å². The zero-order chi connectivity index (χ0) is 43.7. The summed E-state index contributed by atoms with van der Waals surface area (Å²) in [5, 5.41) is 0. The van der Waals surface area contributed by atoms with Gasteiger partial charge in [0.05, 0.1) is 0 Å².